The van der Waals surface area contributed by atoms with Gasteiger partial charge in [0.15, 0.2) is 17.3 Å². The second kappa shape index (κ2) is 9.32. The number of halogens is 2. The average molecular weight is 457 g/mol. The van der Waals surface area contributed by atoms with Gasteiger partial charge in [0.05, 0.1) is 25.2 Å². The molecule has 0 aromatic heterocycles. The van der Waals surface area contributed by atoms with Gasteiger partial charge in [-0.15, -0.1) is 0 Å². The van der Waals surface area contributed by atoms with Crippen LogP contribution in [0.2, 0.25) is 0 Å². The van der Waals surface area contributed by atoms with E-state index in [9.17, 15) is 18.4 Å². The lowest BCUT2D eigenvalue weighted by Gasteiger charge is -2.25. The highest BCUT2D eigenvalue weighted by atomic mass is 19.3. The predicted molar refractivity (Wildman–Crippen MR) is 113 cm³/mol. The lowest BCUT2D eigenvalue weighted by atomic mass is 9.79. The number of allylic oxidation sites excluding steroid dienone is 2. The Labute approximate surface area is 188 Å². The highest BCUT2D eigenvalue weighted by Gasteiger charge is 2.37. The summed E-state index contributed by atoms with van der Waals surface area (Å²) < 4.78 is 47.6. The van der Waals surface area contributed by atoms with E-state index in [2.05, 4.69) is 0 Å². The number of carbonyl (C=O) groups excluding carboxylic acids is 2. The molecule has 7 nitrogen and oxygen atoms in total. The normalized spacial score (nSPS) is 19.0. The van der Waals surface area contributed by atoms with Crippen molar-refractivity contribution in [3.8, 4) is 17.2 Å². The van der Waals surface area contributed by atoms with Crippen LogP contribution in [0.15, 0.2) is 60.4 Å². The Balaban J connectivity index is 1.72. The molecule has 2 N–H and O–H groups in total. The molecule has 33 heavy (non-hydrogen) atoms. The molecule has 2 aromatic carbocycles. The molecule has 1 amide bonds. The Morgan fingerprint density at radius 1 is 1.18 bits per heavy atom. The summed E-state index contributed by atoms with van der Waals surface area (Å²) in [4.78, 5) is 24.4. The largest absolute Gasteiger partial charge is 0.500 e. The summed E-state index contributed by atoms with van der Waals surface area (Å²) in [5, 5.41) is 0. The molecule has 0 saturated carbocycles. The summed E-state index contributed by atoms with van der Waals surface area (Å²) in [6.45, 7) is -2.95. The zero-order valence-corrected chi connectivity index (χ0v) is 17.6. The molecular weight excluding hydrogens is 436 g/mol. The molecular formula is C24H21F2NO6. The first kappa shape index (κ1) is 22.3. The first-order valence-corrected chi connectivity index (χ1v) is 10.1. The van der Waals surface area contributed by atoms with Crippen LogP contribution in [0.4, 0.5) is 8.78 Å². The number of primary amides is 1. The van der Waals surface area contributed by atoms with Crippen LogP contribution >= 0.6 is 0 Å². The van der Waals surface area contributed by atoms with Crippen molar-refractivity contribution in [2.24, 2.45) is 11.7 Å². The number of hydrogen-bond acceptors (Lipinski definition) is 6. The van der Waals surface area contributed by atoms with Gasteiger partial charge < -0.3 is 24.7 Å². The zero-order valence-electron chi connectivity index (χ0n) is 17.6. The second-order valence-corrected chi connectivity index (χ2v) is 7.49. The Bertz CT molecular complexity index is 1130. The number of ketones is 1. The molecule has 0 spiro atoms. The van der Waals surface area contributed by atoms with Crippen molar-refractivity contribution >= 4 is 11.7 Å². The van der Waals surface area contributed by atoms with Gasteiger partial charge in [0.1, 0.15) is 13.2 Å². The first-order chi connectivity index (χ1) is 15.9. The molecule has 1 heterocycles. The summed E-state index contributed by atoms with van der Waals surface area (Å²) in [6, 6.07) is 9.38. The van der Waals surface area contributed by atoms with E-state index < -0.39 is 24.4 Å². The minimum atomic E-state index is -3.14. The van der Waals surface area contributed by atoms with E-state index in [0.717, 1.165) is 5.57 Å². The average Bonchev–Trinajstić information content (AvgIpc) is 3.28. The number of ether oxygens (including phenoxy) is 4. The van der Waals surface area contributed by atoms with Gasteiger partial charge in [0.25, 0.3) is 0 Å². The molecule has 2 aromatic rings. The molecule has 0 bridgehead atoms. The number of amides is 1. The molecule has 2 aliphatic rings. The fraction of sp³-hybridized carbons (Fsp3) is 0.250. The highest BCUT2D eigenvalue weighted by Crippen LogP contribution is 2.46. The molecule has 2 unspecified atom stereocenters. The summed E-state index contributed by atoms with van der Waals surface area (Å²) >= 11 is 0. The summed E-state index contributed by atoms with van der Waals surface area (Å²) in [7, 11) is 1.32. The van der Waals surface area contributed by atoms with Gasteiger partial charge in [-0.25, -0.2) is 0 Å². The van der Waals surface area contributed by atoms with Crippen LogP contribution in [0.25, 0.3) is 0 Å². The van der Waals surface area contributed by atoms with Crippen LogP contribution < -0.4 is 19.9 Å². The molecule has 1 aliphatic carbocycles. The maximum atomic E-state index is 13.2. The van der Waals surface area contributed by atoms with Crippen LogP contribution in [0, 0.1) is 5.92 Å². The minimum Gasteiger partial charge on any atom is -0.500 e. The maximum Gasteiger partial charge on any atom is 0.387 e. The van der Waals surface area contributed by atoms with E-state index in [1.165, 1.54) is 25.3 Å². The van der Waals surface area contributed by atoms with E-state index in [-0.39, 0.29) is 36.2 Å². The van der Waals surface area contributed by atoms with Gasteiger partial charge in [-0.1, -0.05) is 30.4 Å². The zero-order chi connectivity index (χ0) is 23.5. The Hall–Kier alpha value is -3.88. The van der Waals surface area contributed by atoms with Crippen LogP contribution in [-0.2, 0) is 16.1 Å². The first-order valence-electron chi connectivity index (χ1n) is 10.1. The predicted octanol–water partition coefficient (Wildman–Crippen LogP) is 3.73. The molecule has 1 aliphatic heterocycles. The minimum absolute atomic E-state index is 0.0250. The van der Waals surface area contributed by atoms with Crippen molar-refractivity contribution in [2.75, 3.05) is 13.7 Å². The van der Waals surface area contributed by atoms with E-state index in [4.69, 9.17) is 24.7 Å². The van der Waals surface area contributed by atoms with Gasteiger partial charge >= 0.3 is 6.61 Å². The van der Waals surface area contributed by atoms with E-state index in [1.54, 1.807) is 36.6 Å². The van der Waals surface area contributed by atoms with Crippen LogP contribution in [0.5, 0.6) is 17.2 Å². The number of Topliss-reactive ketones (excluding diaryl/α,β-unsaturated/α-hetero) is 1. The lowest BCUT2D eigenvalue weighted by Crippen LogP contribution is -2.26. The number of rotatable bonds is 8. The third-order valence-corrected chi connectivity index (χ3v) is 5.51. The SMILES string of the molecule is COc1ccc(C2C=CC3=COCC3C2=O)c(OCc2ccc(C(N)=O)cc2)c1OC(F)F. The van der Waals surface area contributed by atoms with Gasteiger partial charge in [-0.3, -0.25) is 9.59 Å². The monoisotopic (exact) mass is 457 g/mol. The third-order valence-electron chi connectivity index (χ3n) is 5.51. The smallest absolute Gasteiger partial charge is 0.387 e. The number of hydrogen-bond donors (Lipinski definition) is 1. The molecule has 4 rings (SSSR count). The fourth-order valence-electron chi connectivity index (χ4n) is 3.83. The molecule has 172 valence electrons. The highest BCUT2D eigenvalue weighted by molar-refractivity contribution is 5.95. The van der Waals surface area contributed by atoms with Gasteiger partial charge in [0.2, 0.25) is 11.7 Å². The maximum absolute atomic E-state index is 13.2. The van der Waals surface area contributed by atoms with E-state index >= 15 is 0 Å². The van der Waals surface area contributed by atoms with E-state index in [0.29, 0.717) is 16.7 Å². The van der Waals surface area contributed by atoms with Crippen LogP contribution in [0.1, 0.15) is 27.4 Å². The number of fused-ring (bicyclic) bond motifs is 1. The lowest BCUT2D eigenvalue weighted by molar-refractivity contribution is -0.122. The van der Waals surface area contributed by atoms with Crippen molar-refractivity contribution in [1.82, 2.24) is 0 Å². The van der Waals surface area contributed by atoms with Crippen molar-refractivity contribution in [2.45, 2.75) is 19.1 Å². The number of methoxy groups -OCH3 is 1. The van der Waals surface area contributed by atoms with Crippen LogP contribution in [0.3, 0.4) is 0 Å². The van der Waals surface area contributed by atoms with Crippen LogP contribution in [-0.4, -0.2) is 32.0 Å². The molecule has 9 heteroatoms. The van der Waals surface area contributed by atoms with Crippen molar-refractivity contribution in [3.63, 3.8) is 0 Å². The van der Waals surface area contributed by atoms with E-state index in [1.807, 2.05) is 0 Å². The number of benzene rings is 2. The number of nitrogens with two attached hydrogens (primary N) is 1. The number of alkyl halides is 2. The van der Waals surface area contributed by atoms with Crippen molar-refractivity contribution < 1.29 is 37.3 Å². The number of carbonyl (C=O) groups is 2. The Morgan fingerprint density at radius 2 is 1.94 bits per heavy atom. The summed E-state index contributed by atoms with van der Waals surface area (Å²) in [5.41, 5.74) is 7.37. The summed E-state index contributed by atoms with van der Waals surface area (Å²) in [5.74, 6) is -2.17. The fourth-order valence-corrected chi connectivity index (χ4v) is 3.83. The molecule has 0 saturated heterocycles. The van der Waals surface area contributed by atoms with Gasteiger partial charge in [-0.2, -0.15) is 8.78 Å². The third kappa shape index (κ3) is 4.52. The van der Waals surface area contributed by atoms with Crippen molar-refractivity contribution in [3.05, 3.63) is 77.1 Å². The standard InChI is InChI=1S/C24H21F2NO6/c1-30-19-9-8-17(16-7-6-15-11-31-12-18(15)20(16)28)21(22(19)33-24(25)26)32-10-13-2-4-14(5-3-13)23(27)29/h2-9,11,16,18,24H,10,12H2,1H3,(H2,27,29). The summed E-state index contributed by atoms with van der Waals surface area (Å²) in [6.07, 6.45) is 5.01. The van der Waals surface area contributed by atoms with Gasteiger partial charge in [-0.05, 0) is 23.8 Å². The molecule has 0 fully saturated rings. The quantitative estimate of drug-likeness (QED) is 0.649. The Morgan fingerprint density at radius 3 is 2.61 bits per heavy atom. The van der Waals surface area contributed by atoms with Crippen molar-refractivity contribution in [1.29, 1.82) is 0 Å². The molecule has 0 radical (unpaired) electrons. The van der Waals surface area contributed by atoms with Gasteiger partial charge in [0, 0.05) is 16.7 Å². The second-order valence-electron chi connectivity index (χ2n) is 7.49. The molecule has 2 atom stereocenters. The Kier molecular flexibility index (Phi) is 6.30. The topological polar surface area (TPSA) is 97.1 Å².